The Balaban J connectivity index is 1.85. The van der Waals surface area contributed by atoms with E-state index in [2.05, 4.69) is 10.3 Å². The highest BCUT2D eigenvalue weighted by atomic mass is 32.2. The summed E-state index contributed by atoms with van der Waals surface area (Å²) < 4.78 is 63.3. The second kappa shape index (κ2) is 11.0. The van der Waals surface area contributed by atoms with Crippen LogP contribution in [0.4, 0.5) is 13.2 Å². The Morgan fingerprint density at radius 1 is 1.17 bits per heavy atom. The molecule has 1 heterocycles. The van der Waals surface area contributed by atoms with E-state index in [1.54, 1.807) is 12.1 Å². The molecule has 0 aromatic heterocycles. The molecule has 0 radical (unpaired) electrons. The van der Waals surface area contributed by atoms with Gasteiger partial charge in [0.05, 0.1) is 11.5 Å². The molecule has 0 aliphatic carbocycles. The van der Waals surface area contributed by atoms with E-state index < -0.39 is 22.1 Å². The molecule has 170 valence electrons. The molecule has 10 heteroatoms. The van der Waals surface area contributed by atoms with Crippen molar-refractivity contribution in [1.82, 2.24) is 15.1 Å². The molecule has 30 heavy (non-hydrogen) atoms. The summed E-state index contributed by atoms with van der Waals surface area (Å²) in [4.78, 5) is 7.85. The summed E-state index contributed by atoms with van der Waals surface area (Å²) in [6.45, 7) is 5.57. The summed E-state index contributed by atoms with van der Waals surface area (Å²) >= 11 is 0. The lowest BCUT2D eigenvalue weighted by molar-refractivity contribution is -0.181. The molecule has 1 unspecified atom stereocenters. The zero-order valence-electron chi connectivity index (χ0n) is 17.5. The first-order valence-corrected chi connectivity index (χ1v) is 12.0. The number of aliphatic imine (C=N–C) groups is 1. The van der Waals surface area contributed by atoms with E-state index in [-0.39, 0.29) is 11.5 Å². The molecule has 1 saturated heterocycles. The van der Waals surface area contributed by atoms with Crippen LogP contribution >= 0.6 is 0 Å². The monoisotopic (exact) mass is 448 g/mol. The second-order valence-electron chi connectivity index (χ2n) is 7.41. The lowest BCUT2D eigenvalue weighted by atomic mass is 10.2. The number of halogens is 3. The van der Waals surface area contributed by atoms with Crippen LogP contribution in [0, 0.1) is 0 Å². The van der Waals surface area contributed by atoms with E-state index >= 15 is 0 Å². The Morgan fingerprint density at radius 2 is 1.80 bits per heavy atom. The smallest absolute Gasteiger partial charge is 0.357 e. The number of hydrogen-bond donors (Lipinski definition) is 1. The Labute approximate surface area is 177 Å². The number of nitrogens with zero attached hydrogens (tertiary/aromatic N) is 3. The van der Waals surface area contributed by atoms with Gasteiger partial charge >= 0.3 is 6.18 Å². The molecule has 1 fully saturated rings. The normalized spacial score (nSPS) is 17.8. The van der Waals surface area contributed by atoms with Gasteiger partial charge in [-0.05, 0) is 25.8 Å². The topological polar surface area (TPSA) is 65.0 Å². The first-order valence-electron chi connectivity index (χ1n) is 10.2. The summed E-state index contributed by atoms with van der Waals surface area (Å²) in [6, 6.07) is 7.59. The predicted octanol–water partition coefficient (Wildman–Crippen LogP) is 2.53. The summed E-state index contributed by atoms with van der Waals surface area (Å²) in [5.74, 6) is 0.677. The van der Waals surface area contributed by atoms with Gasteiger partial charge in [0, 0.05) is 39.3 Å². The number of rotatable bonds is 8. The van der Waals surface area contributed by atoms with Gasteiger partial charge in [-0.15, -0.1) is 0 Å². The van der Waals surface area contributed by atoms with E-state index in [0.717, 1.165) is 5.56 Å². The van der Waals surface area contributed by atoms with E-state index in [9.17, 15) is 21.6 Å². The maximum absolute atomic E-state index is 12.9. The van der Waals surface area contributed by atoms with Crippen LogP contribution in [0.2, 0.25) is 0 Å². The molecule has 1 aromatic rings. The number of hydrogen-bond acceptors (Lipinski definition) is 4. The number of guanidine groups is 1. The van der Waals surface area contributed by atoms with Crippen LogP contribution in [0.5, 0.6) is 0 Å². The van der Waals surface area contributed by atoms with Crippen molar-refractivity contribution in [2.75, 3.05) is 45.0 Å². The Kier molecular flexibility index (Phi) is 8.96. The van der Waals surface area contributed by atoms with Gasteiger partial charge in [0.25, 0.3) is 0 Å². The number of alkyl halides is 3. The minimum Gasteiger partial charge on any atom is -0.357 e. The van der Waals surface area contributed by atoms with Crippen molar-refractivity contribution in [2.24, 2.45) is 4.99 Å². The van der Waals surface area contributed by atoms with Crippen LogP contribution in [0.3, 0.4) is 0 Å². The average molecular weight is 449 g/mol. The van der Waals surface area contributed by atoms with Gasteiger partial charge in [0.2, 0.25) is 0 Å². The van der Waals surface area contributed by atoms with E-state index in [0.29, 0.717) is 51.6 Å². The van der Waals surface area contributed by atoms with Gasteiger partial charge in [0.1, 0.15) is 6.04 Å². The Hall–Kier alpha value is -1.81. The average Bonchev–Trinajstić information content (AvgIpc) is 2.69. The summed E-state index contributed by atoms with van der Waals surface area (Å²) in [6.07, 6.45) is -3.83. The summed E-state index contributed by atoms with van der Waals surface area (Å²) in [5, 5.41) is 3.15. The molecule has 6 nitrogen and oxygen atoms in total. The van der Waals surface area contributed by atoms with Crippen molar-refractivity contribution in [3.8, 4) is 0 Å². The fourth-order valence-corrected chi connectivity index (χ4v) is 4.74. The number of benzene rings is 1. The highest BCUT2D eigenvalue weighted by molar-refractivity contribution is 7.90. The molecule has 2 rings (SSSR count). The Morgan fingerprint density at radius 3 is 2.37 bits per heavy atom. The molecule has 1 aliphatic heterocycles. The highest BCUT2D eigenvalue weighted by Crippen LogP contribution is 2.25. The fraction of sp³-hybridized carbons (Fsp3) is 0.650. The van der Waals surface area contributed by atoms with Crippen molar-refractivity contribution >= 4 is 15.8 Å². The third-order valence-corrected chi connectivity index (χ3v) is 6.76. The minimum atomic E-state index is -4.23. The van der Waals surface area contributed by atoms with Crippen molar-refractivity contribution in [1.29, 1.82) is 0 Å². The minimum absolute atomic E-state index is 0.0109. The molecule has 1 aromatic carbocycles. The highest BCUT2D eigenvalue weighted by Gasteiger charge is 2.41. The predicted molar refractivity (Wildman–Crippen MR) is 113 cm³/mol. The van der Waals surface area contributed by atoms with E-state index in [4.69, 9.17) is 0 Å². The summed E-state index contributed by atoms with van der Waals surface area (Å²) in [5.41, 5.74) is 0.764. The summed E-state index contributed by atoms with van der Waals surface area (Å²) in [7, 11) is -3.22. The lowest BCUT2D eigenvalue weighted by Gasteiger charge is -2.39. The van der Waals surface area contributed by atoms with Crippen LogP contribution in [-0.2, 0) is 15.6 Å². The van der Waals surface area contributed by atoms with Crippen molar-refractivity contribution in [2.45, 2.75) is 38.2 Å². The number of piperazine rings is 1. The van der Waals surface area contributed by atoms with Gasteiger partial charge in [-0.25, -0.2) is 8.42 Å². The molecular weight excluding hydrogens is 417 g/mol. The van der Waals surface area contributed by atoms with E-state index in [1.165, 1.54) is 11.8 Å². The standard InChI is InChI=1S/C20H31F3N4O2S/c1-3-24-19(27-13-11-26(12-14-27)17(2)20(21,22)23)25-10-7-15-30(28,29)16-18-8-5-4-6-9-18/h4-6,8-9,17H,3,7,10-16H2,1-2H3,(H,24,25). The van der Waals surface area contributed by atoms with Crippen molar-refractivity contribution in [3.63, 3.8) is 0 Å². The lowest BCUT2D eigenvalue weighted by Crippen LogP contribution is -2.56. The Bertz CT molecular complexity index is 777. The first-order chi connectivity index (χ1) is 14.1. The van der Waals surface area contributed by atoms with Crippen molar-refractivity contribution < 1.29 is 21.6 Å². The zero-order chi connectivity index (χ0) is 22.2. The fourth-order valence-electron chi connectivity index (χ4n) is 3.32. The zero-order valence-corrected chi connectivity index (χ0v) is 18.3. The van der Waals surface area contributed by atoms with Gasteiger partial charge < -0.3 is 10.2 Å². The van der Waals surface area contributed by atoms with Gasteiger partial charge in [-0.3, -0.25) is 9.89 Å². The third-order valence-electron chi connectivity index (χ3n) is 5.07. The largest absolute Gasteiger partial charge is 0.403 e. The van der Waals surface area contributed by atoms with Crippen LogP contribution in [0.15, 0.2) is 35.3 Å². The maximum Gasteiger partial charge on any atom is 0.403 e. The van der Waals surface area contributed by atoms with Gasteiger partial charge in [0.15, 0.2) is 15.8 Å². The molecule has 1 atom stereocenters. The first kappa shape index (κ1) is 24.5. The molecule has 0 saturated carbocycles. The molecule has 0 spiro atoms. The number of nitrogens with one attached hydrogen (secondary N) is 1. The van der Waals surface area contributed by atoms with Crippen LogP contribution in [0.25, 0.3) is 0 Å². The van der Waals surface area contributed by atoms with Gasteiger partial charge in [-0.2, -0.15) is 13.2 Å². The molecule has 1 N–H and O–H groups in total. The molecule has 0 amide bonds. The van der Waals surface area contributed by atoms with Gasteiger partial charge in [-0.1, -0.05) is 30.3 Å². The van der Waals surface area contributed by atoms with Crippen LogP contribution < -0.4 is 5.32 Å². The SMILES string of the molecule is CCNC(=NCCCS(=O)(=O)Cc1ccccc1)N1CCN(C(C)C(F)(F)F)CC1. The number of sulfone groups is 1. The van der Waals surface area contributed by atoms with Crippen LogP contribution in [-0.4, -0.2) is 81.4 Å². The molecule has 1 aliphatic rings. The third kappa shape index (κ3) is 7.79. The van der Waals surface area contributed by atoms with Crippen molar-refractivity contribution in [3.05, 3.63) is 35.9 Å². The quantitative estimate of drug-likeness (QED) is 0.376. The van der Waals surface area contributed by atoms with Crippen LogP contribution in [0.1, 0.15) is 25.8 Å². The molecule has 0 bridgehead atoms. The molecular formula is C20H31F3N4O2S. The maximum atomic E-state index is 12.9. The second-order valence-corrected chi connectivity index (χ2v) is 9.59. The van der Waals surface area contributed by atoms with E-state index in [1.807, 2.05) is 30.0 Å².